The first kappa shape index (κ1) is 31.1. The molecular weight excluding hydrogens is 699 g/mol. The Morgan fingerprint density at radius 2 is 1.68 bits per heavy atom. The summed E-state index contributed by atoms with van der Waals surface area (Å²) in [6.07, 6.45) is 1.40. The SMILES string of the molecule is CCOc1cc(/C=C2\C(=O)NC(=O)N(c3cc(OC)c(Cl)cc3OC)C2=O)cc(I)c1OCc1c(C)ccc2ccccc12. The number of aryl methyl sites for hydroxylation is 1. The minimum atomic E-state index is -0.933. The van der Waals surface area contributed by atoms with E-state index in [0.29, 0.717) is 33.8 Å². The number of urea groups is 1. The smallest absolute Gasteiger partial charge is 0.336 e. The van der Waals surface area contributed by atoms with Crippen molar-refractivity contribution in [1.29, 1.82) is 0 Å². The lowest BCUT2D eigenvalue weighted by molar-refractivity contribution is -0.122. The summed E-state index contributed by atoms with van der Waals surface area (Å²) in [5.41, 5.74) is 2.47. The third-order valence-electron chi connectivity index (χ3n) is 7.07. The largest absolute Gasteiger partial charge is 0.495 e. The number of halogens is 2. The molecule has 4 aromatic rings. The van der Waals surface area contributed by atoms with Gasteiger partial charge < -0.3 is 18.9 Å². The predicted molar refractivity (Wildman–Crippen MR) is 177 cm³/mol. The lowest BCUT2D eigenvalue weighted by atomic mass is 10.0. The fourth-order valence-electron chi connectivity index (χ4n) is 4.92. The van der Waals surface area contributed by atoms with E-state index in [-0.39, 0.29) is 27.8 Å². The third-order valence-corrected chi connectivity index (χ3v) is 8.17. The van der Waals surface area contributed by atoms with Crippen LogP contribution in [0.25, 0.3) is 16.8 Å². The lowest BCUT2D eigenvalue weighted by Crippen LogP contribution is -2.54. The quantitative estimate of drug-likeness (QED) is 0.112. The molecule has 0 radical (unpaired) electrons. The van der Waals surface area contributed by atoms with E-state index in [9.17, 15) is 14.4 Å². The van der Waals surface area contributed by atoms with Crippen molar-refractivity contribution in [2.24, 2.45) is 0 Å². The molecule has 0 bridgehead atoms. The van der Waals surface area contributed by atoms with Crippen LogP contribution in [0.1, 0.15) is 23.6 Å². The van der Waals surface area contributed by atoms with Gasteiger partial charge in [0.1, 0.15) is 23.7 Å². The summed E-state index contributed by atoms with van der Waals surface area (Å²) in [5.74, 6) is -0.335. The monoisotopic (exact) mass is 726 g/mol. The van der Waals surface area contributed by atoms with Gasteiger partial charge in [0.25, 0.3) is 11.8 Å². The zero-order valence-corrected chi connectivity index (χ0v) is 27.2. The molecule has 0 spiro atoms. The summed E-state index contributed by atoms with van der Waals surface area (Å²) in [6.45, 7) is 4.57. The number of hydrogen-bond donors (Lipinski definition) is 1. The second-order valence-electron chi connectivity index (χ2n) is 9.75. The van der Waals surface area contributed by atoms with E-state index in [1.54, 1.807) is 12.1 Å². The molecule has 0 atom stereocenters. The van der Waals surface area contributed by atoms with Crippen molar-refractivity contribution in [3.05, 3.63) is 91.5 Å². The van der Waals surface area contributed by atoms with Gasteiger partial charge in [-0.25, -0.2) is 9.69 Å². The average Bonchev–Trinajstić information content (AvgIpc) is 3.00. The normalized spacial score (nSPS) is 14.2. The zero-order chi connectivity index (χ0) is 31.5. The Hall–Kier alpha value is -4.29. The van der Waals surface area contributed by atoms with Gasteiger partial charge in [0.15, 0.2) is 11.5 Å². The van der Waals surface area contributed by atoms with Gasteiger partial charge in [-0.3, -0.25) is 14.9 Å². The molecule has 0 aliphatic carbocycles. The predicted octanol–water partition coefficient (Wildman–Crippen LogP) is 7.07. The van der Waals surface area contributed by atoms with Gasteiger partial charge in [-0.05, 0) is 76.5 Å². The van der Waals surface area contributed by atoms with Gasteiger partial charge in [0, 0.05) is 17.7 Å². The van der Waals surface area contributed by atoms with E-state index in [2.05, 4.69) is 52.2 Å². The second-order valence-corrected chi connectivity index (χ2v) is 11.3. The maximum absolute atomic E-state index is 13.7. The molecule has 1 N–H and O–H groups in total. The number of hydrogen-bond acceptors (Lipinski definition) is 7. The zero-order valence-electron chi connectivity index (χ0n) is 24.3. The Labute approximate surface area is 272 Å². The minimum absolute atomic E-state index is 0.0618. The molecule has 4 aromatic carbocycles. The summed E-state index contributed by atoms with van der Waals surface area (Å²) in [5, 5.41) is 4.68. The number of carbonyl (C=O) groups excluding carboxylic acids is 3. The number of methoxy groups -OCH3 is 2. The molecule has 0 saturated carbocycles. The number of imide groups is 2. The Morgan fingerprint density at radius 1 is 0.932 bits per heavy atom. The van der Waals surface area contributed by atoms with E-state index < -0.39 is 17.8 Å². The highest BCUT2D eigenvalue weighted by atomic mass is 127. The maximum atomic E-state index is 13.7. The highest BCUT2D eigenvalue weighted by Gasteiger charge is 2.38. The van der Waals surface area contributed by atoms with Crippen LogP contribution in [0, 0.1) is 10.5 Å². The molecular formula is C33H28ClIN2O7. The van der Waals surface area contributed by atoms with Crippen molar-refractivity contribution < 1.29 is 33.3 Å². The van der Waals surface area contributed by atoms with Crippen LogP contribution in [-0.2, 0) is 16.2 Å². The number of fused-ring (bicyclic) bond motifs is 1. The van der Waals surface area contributed by atoms with Crippen LogP contribution >= 0.6 is 34.2 Å². The van der Waals surface area contributed by atoms with E-state index in [4.69, 9.17) is 30.5 Å². The first-order valence-electron chi connectivity index (χ1n) is 13.6. The van der Waals surface area contributed by atoms with Crippen LogP contribution in [0.4, 0.5) is 10.5 Å². The van der Waals surface area contributed by atoms with Gasteiger partial charge in [0.2, 0.25) is 0 Å². The minimum Gasteiger partial charge on any atom is -0.495 e. The van der Waals surface area contributed by atoms with Crippen LogP contribution in [0.2, 0.25) is 5.02 Å². The fraction of sp³-hybridized carbons (Fsp3) is 0.182. The van der Waals surface area contributed by atoms with Crippen LogP contribution in [0.5, 0.6) is 23.0 Å². The number of amides is 4. The summed E-state index contributed by atoms with van der Waals surface area (Å²) in [6, 6.07) is 17.6. The van der Waals surface area contributed by atoms with Gasteiger partial charge in [-0.1, -0.05) is 48.0 Å². The van der Waals surface area contributed by atoms with E-state index in [1.165, 1.54) is 32.4 Å². The number of nitrogens with zero attached hydrogens (tertiary/aromatic N) is 1. The molecule has 11 heteroatoms. The van der Waals surface area contributed by atoms with Crippen molar-refractivity contribution >= 4 is 74.6 Å². The highest BCUT2D eigenvalue weighted by molar-refractivity contribution is 14.1. The van der Waals surface area contributed by atoms with E-state index >= 15 is 0 Å². The van der Waals surface area contributed by atoms with Gasteiger partial charge in [-0.2, -0.15) is 0 Å². The number of rotatable bonds is 9. The Morgan fingerprint density at radius 3 is 2.41 bits per heavy atom. The second kappa shape index (κ2) is 13.1. The van der Waals surface area contributed by atoms with Crippen LogP contribution in [-0.4, -0.2) is 38.7 Å². The topological polar surface area (TPSA) is 103 Å². The summed E-state index contributed by atoms with van der Waals surface area (Å²) in [4.78, 5) is 40.2. The molecule has 0 unspecified atom stereocenters. The number of barbiturate groups is 1. The number of benzene rings is 4. The number of anilines is 1. The van der Waals surface area contributed by atoms with Crippen LogP contribution in [0.15, 0.2) is 66.2 Å². The summed E-state index contributed by atoms with van der Waals surface area (Å²) < 4.78 is 23.6. The highest BCUT2D eigenvalue weighted by Crippen LogP contribution is 2.40. The van der Waals surface area contributed by atoms with Gasteiger partial charge in [0.05, 0.1) is 35.1 Å². The van der Waals surface area contributed by atoms with E-state index in [1.807, 2.05) is 26.0 Å². The van der Waals surface area contributed by atoms with Crippen molar-refractivity contribution in [2.75, 3.05) is 25.7 Å². The molecule has 226 valence electrons. The van der Waals surface area contributed by atoms with Crippen LogP contribution < -0.4 is 29.2 Å². The third kappa shape index (κ3) is 6.04. The van der Waals surface area contributed by atoms with Crippen molar-refractivity contribution in [2.45, 2.75) is 20.5 Å². The first-order valence-corrected chi connectivity index (χ1v) is 15.0. The molecule has 1 aliphatic heterocycles. The van der Waals surface area contributed by atoms with Crippen molar-refractivity contribution in [3.8, 4) is 23.0 Å². The number of nitrogens with one attached hydrogen (secondary N) is 1. The van der Waals surface area contributed by atoms with Gasteiger partial charge >= 0.3 is 6.03 Å². The van der Waals surface area contributed by atoms with Crippen molar-refractivity contribution in [1.82, 2.24) is 5.32 Å². The van der Waals surface area contributed by atoms with Crippen molar-refractivity contribution in [3.63, 3.8) is 0 Å². The fourth-order valence-corrected chi connectivity index (χ4v) is 5.93. The number of ether oxygens (including phenoxy) is 4. The molecule has 4 amide bonds. The molecule has 44 heavy (non-hydrogen) atoms. The van der Waals surface area contributed by atoms with Gasteiger partial charge in [-0.15, -0.1) is 0 Å². The molecule has 1 saturated heterocycles. The molecule has 5 rings (SSSR count). The Balaban J connectivity index is 1.50. The summed E-state index contributed by atoms with van der Waals surface area (Å²) in [7, 11) is 2.77. The number of carbonyl (C=O) groups is 3. The Bertz CT molecular complexity index is 1840. The first-order chi connectivity index (χ1) is 21.2. The van der Waals surface area contributed by atoms with E-state index in [0.717, 1.165) is 26.8 Å². The maximum Gasteiger partial charge on any atom is 0.336 e. The van der Waals surface area contributed by atoms with Crippen LogP contribution in [0.3, 0.4) is 0 Å². The molecule has 0 aromatic heterocycles. The Kier molecular flexibility index (Phi) is 9.31. The lowest BCUT2D eigenvalue weighted by Gasteiger charge is -2.28. The molecule has 1 heterocycles. The average molecular weight is 727 g/mol. The molecule has 1 aliphatic rings. The standard InChI is InChI=1S/C33H28ClIN2O7/c1-5-43-29-14-19(13-25(35)30(29)44-17-23-18(2)10-11-20-8-6-7-9-21(20)23)12-22-31(38)36-33(40)37(32(22)39)26-16-27(41-3)24(34)15-28(26)42-4/h6-16H,5,17H2,1-4H3,(H,36,38,40)/b22-12+. The summed E-state index contributed by atoms with van der Waals surface area (Å²) >= 11 is 8.35. The molecule has 1 fully saturated rings. The molecule has 9 nitrogen and oxygen atoms in total.